The summed E-state index contributed by atoms with van der Waals surface area (Å²) in [6, 6.07) is 6.57. The lowest BCUT2D eigenvalue weighted by molar-refractivity contribution is 0.113. The number of nitrogens with zero attached hydrogens (tertiary/aromatic N) is 2. The number of rotatable bonds is 12. The molecule has 204 valence electrons. The van der Waals surface area contributed by atoms with Crippen LogP contribution in [-0.2, 0) is 4.74 Å². The van der Waals surface area contributed by atoms with Crippen LogP contribution in [0.5, 0.6) is 5.75 Å². The summed E-state index contributed by atoms with van der Waals surface area (Å²) in [5, 5.41) is 0. The van der Waals surface area contributed by atoms with Crippen molar-refractivity contribution in [3.8, 4) is 5.75 Å². The van der Waals surface area contributed by atoms with E-state index in [1.165, 1.54) is 22.3 Å². The molecule has 1 aliphatic heterocycles. The third-order valence-corrected chi connectivity index (χ3v) is 7.59. The van der Waals surface area contributed by atoms with Gasteiger partial charge in [-0.15, -0.1) is 0 Å². The fourth-order valence-corrected chi connectivity index (χ4v) is 5.07. The molecule has 0 saturated heterocycles. The Labute approximate surface area is 226 Å². The first-order valence-electron chi connectivity index (χ1n) is 14.3. The van der Waals surface area contributed by atoms with Crippen LogP contribution in [-0.4, -0.2) is 42.3 Å². The summed E-state index contributed by atoms with van der Waals surface area (Å²) >= 11 is 0. The summed E-state index contributed by atoms with van der Waals surface area (Å²) in [5.74, 6) is 4.07. The van der Waals surface area contributed by atoms with Crippen molar-refractivity contribution in [3.05, 3.63) is 76.9 Å². The van der Waals surface area contributed by atoms with Crippen LogP contribution in [0.4, 0.5) is 0 Å². The van der Waals surface area contributed by atoms with E-state index in [0.717, 1.165) is 31.0 Å². The maximum Gasteiger partial charge on any atom is 0.126 e. The number of para-hydroxylation sites is 1. The van der Waals surface area contributed by atoms with Crippen LogP contribution in [0.3, 0.4) is 0 Å². The molecule has 4 nitrogen and oxygen atoms in total. The molecular weight excluding hydrogens is 456 g/mol. The van der Waals surface area contributed by atoms with E-state index < -0.39 is 0 Å². The van der Waals surface area contributed by atoms with E-state index in [2.05, 4.69) is 121 Å². The van der Waals surface area contributed by atoms with Gasteiger partial charge in [-0.3, -0.25) is 0 Å². The smallest absolute Gasteiger partial charge is 0.126 e. The molecule has 0 saturated carbocycles. The lowest BCUT2D eigenvalue weighted by Crippen LogP contribution is -2.39. The largest absolute Gasteiger partial charge is 0.495 e. The minimum atomic E-state index is 0.288. The first kappa shape index (κ1) is 28.9. The van der Waals surface area contributed by atoms with E-state index in [9.17, 15) is 0 Å². The fraction of sp³-hybridized carbons (Fsp3) is 0.576. The first-order valence-corrected chi connectivity index (χ1v) is 14.3. The van der Waals surface area contributed by atoms with Crippen molar-refractivity contribution in [1.29, 1.82) is 0 Å². The molecule has 0 radical (unpaired) electrons. The van der Waals surface area contributed by atoms with Crippen molar-refractivity contribution < 1.29 is 9.47 Å². The van der Waals surface area contributed by atoms with Gasteiger partial charge in [0.05, 0.1) is 19.3 Å². The Morgan fingerprint density at radius 3 is 1.86 bits per heavy atom. The molecular formula is C33H50N2O2. The summed E-state index contributed by atoms with van der Waals surface area (Å²) in [7, 11) is 0. The molecule has 0 amide bonds. The number of ether oxygens (including phenoxy) is 2. The van der Waals surface area contributed by atoms with E-state index in [1.807, 2.05) is 0 Å². The standard InChI is InChI=1S/C33H50N2O2/c1-23(2)28-12-10-13-29(24(3)4)32(22-28)36-20-18-34-16-17-35(27(34)9)19-21-37-33-30(25(5)6)14-11-15-31(33)26(7)8/h10-17,23-27H,18-22H2,1-9H3. The van der Waals surface area contributed by atoms with Crippen molar-refractivity contribution in [3.63, 3.8) is 0 Å². The highest BCUT2D eigenvalue weighted by atomic mass is 16.5. The normalized spacial score (nSPS) is 18.1. The quantitative estimate of drug-likeness (QED) is 0.285. The highest BCUT2D eigenvalue weighted by Crippen LogP contribution is 2.34. The molecule has 1 heterocycles. The van der Waals surface area contributed by atoms with Crippen molar-refractivity contribution in [1.82, 2.24) is 9.80 Å². The summed E-state index contributed by atoms with van der Waals surface area (Å²) in [6.45, 7) is 23.3. The minimum Gasteiger partial charge on any atom is -0.495 e. The van der Waals surface area contributed by atoms with Gasteiger partial charge >= 0.3 is 0 Å². The maximum absolute atomic E-state index is 6.44. The Morgan fingerprint density at radius 1 is 0.784 bits per heavy atom. The fourth-order valence-electron chi connectivity index (χ4n) is 5.07. The second-order valence-corrected chi connectivity index (χ2v) is 11.6. The monoisotopic (exact) mass is 506 g/mol. The lowest BCUT2D eigenvalue weighted by Gasteiger charge is -2.30. The Hall–Kier alpha value is -2.62. The highest BCUT2D eigenvalue weighted by molar-refractivity contribution is 5.45. The molecule has 0 spiro atoms. The zero-order valence-electron chi connectivity index (χ0n) is 24.8. The Kier molecular flexibility index (Phi) is 10.4. The number of benzene rings is 1. The number of hydrogen-bond acceptors (Lipinski definition) is 4. The second kappa shape index (κ2) is 13.3. The average Bonchev–Trinajstić information content (AvgIpc) is 3.04. The van der Waals surface area contributed by atoms with Gasteiger partial charge in [-0.25, -0.2) is 0 Å². The topological polar surface area (TPSA) is 24.9 Å². The molecule has 1 aliphatic carbocycles. The molecule has 0 N–H and O–H groups in total. The predicted octanol–water partition coefficient (Wildman–Crippen LogP) is 8.22. The highest BCUT2D eigenvalue weighted by Gasteiger charge is 2.23. The van der Waals surface area contributed by atoms with Gasteiger partial charge in [-0.2, -0.15) is 0 Å². The van der Waals surface area contributed by atoms with E-state index in [0.29, 0.717) is 36.9 Å². The number of allylic oxidation sites excluding steroid dienone is 5. The second-order valence-electron chi connectivity index (χ2n) is 11.6. The van der Waals surface area contributed by atoms with Crippen LogP contribution >= 0.6 is 0 Å². The van der Waals surface area contributed by atoms with Gasteiger partial charge in [0.1, 0.15) is 24.7 Å². The maximum atomic E-state index is 6.44. The summed E-state index contributed by atoms with van der Waals surface area (Å²) in [4.78, 5) is 4.72. The Balaban J connectivity index is 1.54. The van der Waals surface area contributed by atoms with Crippen molar-refractivity contribution in [2.24, 2.45) is 11.8 Å². The zero-order chi connectivity index (χ0) is 27.1. The third kappa shape index (κ3) is 7.46. The van der Waals surface area contributed by atoms with Gasteiger partial charge in [0.15, 0.2) is 0 Å². The summed E-state index contributed by atoms with van der Waals surface area (Å²) in [5.41, 5.74) is 5.35. The van der Waals surface area contributed by atoms with Crippen LogP contribution in [0.1, 0.15) is 91.7 Å². The number of hydrogen-bond donors (Lipinski definition) is 0. The molecule has 1 aromatic carbocycles. The first-order chi connectivity index (χ1) is 17.6. The molecule has 3 rings (SSSR count). The van der Waals surface area contributed by atoms with Crippen LogP contribution < -0.4 is 4.74 Å². The van der Waals surface area contributed by atoms with Crippen LogP contribution in [0.2, 0.25) is 0 Å². The van der Waals surface area contributed by atoms with Crippen molar-refractivity contribution >= 4 is 0 Å². The van der Waals surface area contributed by atoms with Gasteiger partial charge in [-0.05, 0) is 47.3 Å². The minimum absolute atomic E-state index is 0.288. The lowest BCUT2D eigenvalue weighted by atomic mass is 9.94. The van der Waals surface area contributed by atoms with Crippen molar-refractivity contribution in [2.75, 3.05) is 26.3 Å². The van der Waals surface area contributed by atoms with E-state index >= 15 is 0 Å². The van der Waals surface area contributed by atoms with Gasteiger partial charge < -0.3 is 19.3 Å². The van der Waals surface area contributed by atoms with Gasteiger partial charge in [0, 0.05) is 18.8 Å². The van der Waals surface area contributed by atoms with Crippen LogP contribution in [0.25, 0.3) is 0 Å². The molecule has 0 bridgehead atoms. The molecule has 4 heteroatoms. The van der Waals surface area contributed by atoms with E-state index in [4.69, 9.17) is 9.47 Å². The SMILES string of the molecule is CC(C)C1=CC=CC(C(C)C)=C(OCCN2C=CN(CCOc3c(C(C)C)cccc3C(C)C)C2C)C1. The van der Waals surface area contributed by atoms with Gasteiger partial charge in [-0.1, -0.05) is 97.4 Å². The van der Waals surface area contributed by atoms with Crippen molar-refractivity contribution in [2.45, 2.75) is 86.7 Å². The molecule has 1 aromatic rings. The zero-order valence-corrected chi connectivity index (χ0v) is 24.8. The van der Waals surface area contributed by atoms with Gasteiger partial charge in [0.2, 0.25) is 0 Å². The summed E-state index contributed by atoms with van der Waals surface area (Å²) < 4.78 is 12.9. The van der Waals surface area contributed by atoms with E-state index in [1.54, 1.807) is 0 Å². The predicted molar refractivity (Wildman–Crippen MR) is 157 cm³/mol. The average molecular weight is 507 g/mol. The van der Waals surface area contributed by atoms with Gasteiger partial charge in [0.25, 0.3) is 0 Å². The molecule has 0 fully saturated rings. The van der Waals surface area contributed by atoms with E-state index in [-0.39, 0.29) is 6.17 Å². The van der Waals surface area contributed by atoms with Crippen LogP contribution in [0.15, 0.2) is 65.7 Å². The summed E-state index contributed by atoms with van der Waals surface area (Å²) in [6.07, 6.45) is 12.3. The Bertz CT molecular complexity index is 987. The third-order valence-electron chi connectivity index (χ3n) is 7.59. The Morgan fingerprint density at radius 2 is 1.35 bits per heavy atom. The molecule has 37 heavy (non-hydrogen) atoms. The molecule has 2 aliphatic rings. The molecule has 1 atom stereocenters. The molecule has 1 unspecified atom stereocenters. The molecule has 0 aromatic heterocycles. The van der Waals surface area contributed by atoms with Crippen LogP contribution in [0, 0.1) is 11.8 Å².